The van der Waals surface area contributed by atoms with E-state index in [0.29, 0.717) is 18.5 Å². The topological polar surface area (TPSA) is 35.5 Å². The molecule has 1 aliphatic rings. The first kappa shape index (κ1) is 15.5. The van der Waals surface area contributed by atoms with Crippen LogP contribution in [0.1, 0.15) is 37.5 Å². The van der Waals surface area contributed by atoms with Gasteiger partial charge in [-0.3, -0.25) is 0 Å². The van der Waals surface area contributed by atoms with Crippen molar-refractivity contribution in [1.29, 1.82) is 0 Å². The summed E-state index contributed by atoms with van der Waals surface area (Å²) in [6, 6.07) is 8.93. The van der Waals surface area contributed by atoms with Crippen molar-refractivity contribution in [2.45, 2.75) is 38.8 Å². The van der Waals surface area contributed by atoms with E-state index in [4.69, 9.17) is 0 Å². The minimum atomic E-state index is -0.408. The summed E-state index contributed by atoms with van der Waals surface area (Å²) in [5.41, 5.74) is 2.36. The second-order valence-corrected chi connectivity index (χ2v) is 6.51. The highest BCUT2D eigenvalue weighted by Gasteiger charge is 2.19. The van der Waals surface area contributed by atoms with E-state index in [2.05, 4.69) is 55.4 Å². The summed E-state index contributed by atoms with van der Waals surface area (Å²) >= 11 is 0. The van der Waals surface area contributed by atoms with Gasteiger partial charge in [0.1, 0.15) is 0 Å². The third kappa shape index (κ3) is 4.58. The van der Waals surface area contributed by atoms with E-state index >= 15 is 0 Å². The van der Waals surface area contributed by atoms with Gasteiger partial charge in [-0.25, -0.2) is 0 Å². The lowest BCUT2D eigenvalue weighted by Gasteiger charge is -2.17. The molecule has 112 valence electrons. The van der Waals surface area contributed by atoms with Gasteiger partial charge in [-0.1, -0.05) is 38.1 Å². The van der Waals surface area contributed by atoms with Gasteiger partial charge in [-0.15, -0.1) is 0 Å². The van der Waals surface area contributed by atoms with Crippen LogP contribution in [0.2, 0.25) is 0 Å². The highest BCUT2D eigenvalue weighted by Crippen LogP contribution is 2.16. The van der Waals surface area contributed by atoms with Gasteiger partial charge >= 0.3 is 0 Å². The minimum absolute atomic E-state index is 0.408. The number of benzene rings is 1. The lowest BCUT2D eigenvalue weighted by atomic mass is 10.00. The normalized spacial score (nSPS) is 21.6. The molecular formula is C17H28N2O. The fraction of sp³-hybridized carbons (Fsp3) is 0.647. The predicted octanol–water partition coefficient (Wildman–Crippen LogP) is 2.21. The predicted molar refractivity (Wildman–Crippen MR) is 83.8 cm³/mol. The van der Waals surface area contributed by atoms with Gasteiger partial charge in [0.15, 0.2) is 0 Å². The number of aliphatic hydroxyl groups is 1. The molecule has 0 saturated carbocycles. The number of rotatable bonds is 6. The average Bonchev–Trinajstić information content (AvgIpc) is 2.82. The van der Waals surface area contributed by atoms with Gasteiger partial charge in [0, 0.05) is 19.1 Å². The zero-order valence-corrected chi connectivity index (χ0v) is 13.0. The average molecular weight is 276 g/mol. The summed E-state index contributed by atoms with van der Waals surface area (Å²) in [5.74, 6) is 0.673. The Bertz CT molecular complexity index is 402. The monoisotopic (exact) mass is 276 g/mol. The van der Waals surface area contributed by atoms with Crippen LogP contribution in [0.3, 0.4) is 0 Å². The molecule has 3 heteroatoms. The standard InChI is InChI=1S/C17H28N2O/c1-13(2)10-14-4-6-15(7-5-14)17(20)11-18-16-8-9-19(3)12-16/h4-7,13,16-18,20H,8-12H2,1-3H3. The molecule has 1 saturated heterocycles. The first-order valence-electron chi connectivity index (χ1n) is 7.73. The fourth-order valence-corrected chi connectivity index (χ4v) is 2.85. The number of hydrogen-bond donors (Lipinski definition) is 2. The van der Waals surface area contributed by atoms with Crippen molar-refractivity contribution in [2.75, 3.05) is 26.7 Å². The van der Waals surface area contributed by atoms with Crippen LogP contribution in [0, 0.1) is 5.92 Å². The lowest BCUT2D eigenvalue weighted by molar-refractivity contribution is 0.170. The van der Waals surface area contributed by atoms with Crippen LogP contribution in [0.25, 0.3) is 0 Å². The maximum atomic E-state index is 10.2. The van der Waals surface area contributed by atoms with Crippen LogP contribution < -0.4 is 5.32 Å². The lowest BCUT2D eigenvalue weighted by Crippen LogP contribution is -2.34. The molecule has 1 fully saturated rings. The van der Waals surface area contributed by atoms with Crippen LogP contribution in [-0.4, -0.2) is 42.7 Å². The van der Waals surface area contributed by atoms with E-state index < -0.39 is 6.10 Å². The van der Waals surface area contributed by atoms with Crippen molar-refractivity contribution < 1.29 is 5.11 Å². The Morgan fingerprint density at radius 2 is 2.00 bits per heavy atom. The number of likely N-dealkylation sites (N-methyl/N-ethyl adjacent to an activating group) is 1. The molecule has 0 aromatic heterocycles. The second-order valence-electron chi connectivity index (χ2n) is 6.51. The molecule has 1 aliphatic heterocycles. The summed E-state index contributed by atoms with van der Waals surface area (Å²) in [6.07, 6.45) is 1.87. The third-order valence-corrected chi connectivity index (χ3v) is 4.00. The van der Waals surface area contributed by atoms with Crippen molar-refractivity contribution in [1.82, 2.24) is 10.2 Å². The highest BCUT2D eigenvalue weighted by atomic mass is 16.3. The van der Waals surface area contributed by atoms with Crippen molar-refractivity contribution in [3.05, 3.63) is 35.4 Å². The first-order chi connectivity index (χ1) is 9.54. The molecule has 2 N–H and O–H groups in total. The third-order valence-electron chi connectivity index (χ3n) is 4.00. The first-order valence-corrected chi connectivity index (χ1v) is 7.73. The maximum Gasteiger partial charge on any atom is 0.0914 e. The van der Waals surface area contributed by atoms with Gasteiger partial charge in [-0.05, 0) is 43.5 Å². The fourth-order valence-electron chi connectivity index (χ4n) is 2.85. The molecule has 2 rings (SSSR count). The number of nitrogens with one attached hydrogen (secondary N) is 1. The summed E-state index contributed by atoms with van der Waals surface area (Å²) in [7, 11) is 2.14. The number of likely N-dealkylation sites (tertiary alicyclic amines) is 1. The molecule has 20 heavy (non-hydrogen) atoms. The molecule has 1 aromatic carbocycles. The molecule has 2 atom stereocenters. The van der Waals surface area contributed by atoms with Gasteiger partial charge in [0.2, 0.25) is 0 Å². The molecule has 0 amide bonds. The second kappa shape index (κ2) is 7.21. The Kier molecular flexibility index (Phi) is 5.58. The molecule has 0 bridgehead atoms. The Labute approximate surface area is 123 Å². The van der Waals surface area contributed by atoms with Crippen molar-refractivity contribution in [3.8, 4) is 0 Å². The van der Waals surface area contributed by atoms with Crippen LogP contribution in [0.5, 0.6) is 0 Å². The van der Waals surface area contributed by atoms with E-state index in [-0.39, 0.29) is 0 Å². The van der Waals surface area contributed by atoms with E-state index in [9.17, 15) is 5.11 Å². The maximum absolute atomic E-state index is 10.2. The van der Waals surface area contributed by atoms with Crippen LogP contribution >= 0.6 is 0 Å². The van der Waals surface area contributed by atoms with Gasteiger partial charge < -0.3 is 15.3 Å². The van der Waals surface area contributed by atoms with Gasteiger partial charge in [0.25, 0.3) is 0 Å². The quantitative estimate of drug-likeness (QED) is 0.836. The summed E-state index contributed by atoms with van der Waals surface area (Å²) in [5, 5.41) is 13.7. The Morgan fingerprint density at radius 1 is 1.30 bits per heavy atom. The summed E-state index contributed by atoms with van der Waals surface area (Å²) in [4.78, 5) is 2.32. The van der Waals surface area contributed by atoms with Crippen molar-refractivity contribution >= 4 is 0 Å². The molecule has 3 nitrogen and oxygen atoms in total. The van der Waals surface area contributed by atoms with Crippen LogP contribution in [-0.2, 0) is 6.42 Å². The van der Waals surface area contributed by atoms with Crippen LogP contribution in [0.15, 0.2) is 24.3 Å². The summed E-state index contributed by atoms with van der Waals surface area (Å²) < 4.78 is 0. The smallest absolute Gasteiger partial charge is 0.0914 e. The Balaban J connectivity index is 1.81. The molecule has 1 heterocycles. The van der Waals surface area contributed by atoms with Crippen molar-refractivity contribution in [2.24, 2.45) is 5.92 Å². The Hall–Kier alpha value is -0.900. The number of hydrogen-bond acceptors (Lipinski definition) is 3. The molecule has 0 aliphatic carbocycles. The molecule has 1 aromatic rings. The number of nitrogens with zero attached hydrogens (tertiary/aromatic N) is 1. The molecule has 0 spiro atoms. The highest BCUT2D eigenvalue weighted by molar-refractivity contribution is 5.24. The zero-order chi connectivity index (χ0) is 14.5. The SMILES string of the molecule is CC(C)Cc1ccc(C(O)CNC2CCN(C)C2)cc1. The number of aliphatic hydroxyl groups excluding tert-OH is 1. The van der Waals surface area contributed by atoms with Gasteiger partial charge in [-0.2, -0.15) is 0 Å². The Morgan fingerprint density at radius 3 is 2.55 bits per heavy atom. The molecular weight excluding hydrogens is 248 g/mol. The largest absolute Gasteiger partial charge is 0.387 e. The van der Waals surface area contributed by atoms with Gasteiger partial charge in [0.05, 0.1) is 6.10 Å². The van der Waals surface area contributed by atoms with Crippen LogP contribution in [0.4, 0.5) is 0 Å². The summed E-state index contributed by atoms with van der Waals surface area (Å²) in [6.45, 7) is 7.33. The molecule has 2 unspecified atom stereocenters. The van der Waals surface area contributed by atoms with E-state index in [1.807, 2.05) is 0 Å². The molecule has 0 radical (unpaired) electrons. The van der Waals surface area contributed by atoms with E-state index in [1.165, 1.54) is 12.0 Å². The minimum Gasteiger partial charge on any atom is -0.387 e. The van der Waals surface area contributed by atoms with Crippen molar-refractivity contribution in [3.63, 3.8) is 0 Å². The van der Waals surface area contributed by atoms with E-state index in [1.54, 1.807) is 0 Å². The zero-order valence-electron chi connectivity index (χ0n) is 13.0. The van der Waals surface area contributed by atoms with E-state index in [0.717, 1.165) is 25.1 Å².